The molecule has 2 heterocycles. The van der Waals surface area contributed by atoms with E-state index in [1.54, 1.807) is 0 Å². The summed E-state index contributed by atoms with van der Waals surface area (Å²) in [5.74, 6) is 0. The second kappa shape index (κ2) is 6.65. The third-order valence-corrected chi connectivity index (χ3v) is 5.64. The van der Waals surface area contributed by atoms with Crippen LogP contribution in [0.1, 0.15) is 16.8 Å². The highest BCUT2D eigenvalue weighted by Crippen LogP contribution is 2.36. The van der Waals surface area contributed by atoms with E-state index in [4.69, 9.17) is 0 Å². The number of benzene rings is 3. The predicted molar refractivity (Wildman–Crippen MR) is 120 cm³/mol. The average Bonchev–Trinajstić information content (AvgIpc) is 3.10. The van der Waals surface area contributed by atoms with Crippen LogP contribution in [0.4, 0.5) is 0 Å². The van der Waals surface area contributed by atoms with E-state index in [9.17, 15) is 5.26 Å². The monoisotopic (exact) mass is 372 g/mol. The van der Waals surface area contributed by atoms with Crippen molar-refractivity contribution >= 4 is 16.3 Å². The molecule has 0 saturated carbocycles. The number of nitriles is 1. The number of aromatic nitrogens is 1. The van der Waals surface area contributed by atoms with Crippen LogP contribution in [-0.2, 0) is 0 Å². The van der Waals surface area contributed by atoms with Gasteiger partial charge in [-0.3, -0.25) is 0 Å². The van der Waals surface area contributed by atoms with Crippen molar-refractivity contribution in [1.82, 2.24) is 4.40 Å². The van der Waals surface area contributed by atoms with Crippen LogP contribution in [-0.4, -0.2) is 4.40 Å². The Kier molecular flexibility index (Phi) is 3.96. The molecule has 138 valence electrons. The molecule has 2 nitrogen and oxygen atoms in total. The van der Waals surface area contributed by atoms with E-state index in [0.717, 1.165) is 27.5 Å². The number of hydrogen-bond donors (Lipinski definition) is 0. The van der Waals surface area contributed by atoms with Crippen molar-refractivity contribution in [1.29, 1.82) is 5.26 Å². The number of nitrogens with zero attached hydrogens (tertiary/aromatic N) is 2. The van der Waals surface area contributed by atoms with Crippen LogP contribution in [0.5, 0.6) is 0 Å². The van der Waals surface area contributed by atoms with Crippen LogP contribution in [0.2, 0.25) is 0 Å². The van der Waals surface area contributed by atoms with Gasteiger partial charge < -0.3 is 4.40 Å². The molecule has 0 atom stereocenters. The van der Waals surface area contributed by atoms with Crippen LogP contribution in [0.25, 0.3) is 38.5 Å². The summed E-state index contributed by atoms with van der Waals surface area (Å²) in [5, 5.41) is 12.0. The Labute approximate surface area is 170 Å². The van der Waals surface area contributed by atoms with Gasteiger partial charge >= 0.3 is 0 Å². The fourth-order valence-corrected chi connectivity index (χ4v) is 4.12. The minimum Gasteiger partial charge on any atom is -0.319 e. The molecule has 0 aliphatic carbocycles. The van der Waals surface area contributed by atoms with Gasteiger partial charge in [0.1, 0.15) is 6.07 Å². The molecule has 0 spiro atoms. The maximum atomic E-state index is 9.69. The van der Waals surface area contributed by atoms with Crippen molar-refractivity contribution in [2.24, 2.45) is 0 Å². The van der Waals surface area contributed by atoms with Crippen LogP contribution in [0.3, 0.4) is 0 Å². The van der Waals surface area contributed by atoms with Crippen LogP contribution < -0.4 is 0 Å². The minimum absolute atomic E-state index is 0.718. The summed E-state index contributed by atoms with van der Waals surface area (Å²) in [4.78, 5) is 0. The lowest BCUT2D eigenvalue weighted by atomic mass is 9.95. The predicted octanol–water partition coefficient (Wildman–Crippen LogP) is 6.92. The number of aryl methyl sites for hydroxylation is 2. The second-order valence-electron chi connectivity index (χ2n) is 7.56. The molecule has 0 amide bonds. The van der Waals surface area contributed by atoms with Crippen LogP contribution in [0, 0.1) is 25.2 Å². The molecule has 0 fully saturated rings. The van der Waals surface area contributed by atoms with E-state index < -0.39 is 0 Å². The van der Waals surface area contributed by atoms with Crippen LogP contribution >= 0.6 is 0 Å². The van der Waals surface area contributed by atoms with Crippen molar-refractivity contribution in [3.63, 3.8) is 0 Å². The maximum absolute atomic E-state index is 9.69. The van der Waals surface area contributed by atoms with Gasteiger partial charge in [0, 0.05) is 22.8 Å². The van der Waals surface area contributed by atoms with Crippen molar-refractivity contribution in [2.45, 2.75) is 13.8 Å². The number of pyridine rings is 1. The lowest BCUT2D eigenvalue weighted by molar-refractivity contribution is 1.12. The molecule has 29 heavy (non-hydrogen) atoms. The highest BCUT2D eigenvalue weighted by molar-refractivity contribution is 6.07. The molecule has 2 heteroatoms. The summed E-state index contributed by atoms with van der Waals surface area (Å²) in [7, 11) is 0. The molecule has 0 aliphatic rings. The minimum atomic E-state index is 0.718. The quantitative estimate of drug-likeness (QED) is 0.331. The average molecular weight is 372 g/mol. The first kappa shape index (κ1) is 17.3. The number of fused-ring (bicyclic) bond motifs is 3. The van der Waals surface area contributed by atoms with E-state index in [0.29, 0.717) is 0 Å². The summed E-state index contributed by atoms with van der Waals surface area (Å²) < 4.78 is 2.15. The first-order chi connectivity index (χ1) is 14.2. The number of hydrogen-bond acceptors (Lipinski definition) is 1. The Bertz CT molecular complexity index is 1400. The Morgan fingerprint density at radius 1 is 0.724 bits per heavy atom. The molecule has 5 rings (SSSR count). The topological polar surface area (TPSA) is 28.2 Å². The zero-order valence-corrected chi connectivity index (χ0v) is 16.5. The number of rotatable bonds is 2. The van der Waals surface area contributed by atoms with Gasteiger partial charge in [-0.2, -0.15) is 5.26 Å². The standard InChI is InChI=1S/C27H20N2/c1-18-8-10-21(11-9-18)26-17-29-19(2)14-23(16-28)27(29)24-13-12-22(15-25(24)26)20-6-4-3-5-7-20/h3-15,17H,1-2H3. The van der Waals surface area contributed by atoms with Gasteiger partial charge in [0.25, 0.3) is 0 Å². The summed E-state index contributed by atoms with van der Waals surface area (Å²) in [6.07, 6.45) is 2.17. The SMILES string of the molecule is Cc1ccc(-c2cn3c(C)cc(C#N)c3c3ccc(-c4ccccc4)cc23)cc1. The molecule has 0 saturated heterocycles. The summed E-state index contributed by atoms with van der Waals surface area (Å²) in [5.41, 5.74) is 8.74. The van der Waals surface area contributed by atoms with Crippen molar-refractivity contribution in [3.8, 4) is 28.3 Å². The Hall–Kier alpha value is -3.83. The molecule has 3 aromatic carbocycles. The van der Waals surface area contributed by atoms with Gasteiger partial charge in [-0.15, -0.1) is 0 Å². The molecular weight excluding hydrogens is 352 g/mol. The van der Waals surface area contributed by atoms with Gasteiger partial charge in [0.05, 0.1) is 11.1 Å². The highest BCUT2D eigenvalue weighted by Gasteiger charge is 2.15. The maximum Gasteiger partial charge on any atom is 0.101 e. The molecule has 5 aromatic rings. The molecular formula is C27H20N2. The van der Waals surface area contributed by atoms with Crippen molar-refractivity contribution in [3.05, 3.63) is 102 Å². The second-order valence-corrected chi connectivity index (χ2v) is 7.56. The molecule has 0 N–H and O–H groups in total. The fraction of sp³-hybridized carbons (Fsp3) is 0.0741. The summed E-state index contributed by atoms with van der Waals surface area (Å²) in [6, 6.07) is 30.0. The molecule has 2 aromatic heterocycles. The lowest BCUT2D eigenvalue weighted by Gasteiger charge is -2.13. The summed E-state index contributed by atoms with van der Waals surface area (Å²) >= 11 is 0. The molecule has 0 radical (unpaired) electrons. The van der Waals surface area contributed by atoms with Crippen LogP contribution in [0.15, 0.2) is 85.1 Å². The Balaban J connectivity index is 1.90. The Morgan fingerprint density at radius 3 is 2.17 bits per heavy atom. The van der Waals surface area contributed by atoms with Gasteiger partial charge in [0.2, 0.25) is 0 Å². The first-order valence-electron chi connectivity index (χ1n) is 9.77. The first-order valence-corrected chi connectivity index (χ1v) is 9.77. The zero-order chi connectivity index (χ0) is 20.0. The molecule has 0 unspecified atom stereocenters. The van der Waals surface area contributed by atoms with Gasteiger partial charge in [-0.05, 0) is 48.1 Å². The normalized spacial score (nSPS) is 11.1. The largest absolute Gasteiger partial charge is 0.319 e. The van der Waals surface area contributed by atoms with Gasteiger partial charge in [-0.25, -0.2) is 0 Å². The third-order valence-electron chi connectivity index (χ3n) is 5.64. The highest BCUT2D eigenvalue weighted by atomic mass is 14.9. The lowest BCUT2D eigenvalue weighted by Crippen LogP contribution is -1.93. The van der Waals surface area contributed by atoms with Crippen molar-refractivity contribution in [2.75, 3.05) is 0 Å². The third kappa shape index (κ3) is 2.80. The van der Waals surface area contributed by atoms with E-state index in [1.807, 2.05) is 12.1 Å². The van der Waals surface area contributed by atoms with E-state index in [-0.39, 0.29) is 0 Å². The van der Waals surface area contributed by atoms with E-state index in [1.165, 1.54) is 27.8 Å². The zero-order valence-electron chi connectivity index (χ0n) is 16.5. The summed E-state index contributed by atoms with van der Waals surface area (Å²) in [6.45, 7) is 4.16. The van der Waals surface area contributed by atoms with Crippen molar-refractivity contribution < 1.29 is 0 Å². The van der Waals surface area contributed by atoms with E-state index in [2.05, 4.69) is 97.2 Å². The van der Waals surface area contributed by atoms with E-state index >= 15 is 0 Å². The van der Waals surface area contributed by atoms with Gasteiger partial charge in [0.15, 0.2) is 0 Å². The fourth-order valence-electron chi connectivity index (χ4n) is 4.12. The molecule has 0 bridgehead atoms. The Morgan fingerprint density at radius 2 is 1.45 bits per heavy atom. The molecule has 0 aliphatic heterocycles. The van der Waals surface area contributed by atoms with Gasteiger partial charge in [-0.1, -0.05) is 72.3 Å². The smallest absolute Gasteiger partial charge is 0.101 e.